The number of aromatic amines is 1. The molecule has 0 bridgehead atoms. The Hall–Kier alpha value is -11.4. The van der Waals surface area contributed by atoms with Gasteiger partial charge in [-0.1, -0.05) is 84.4 Å². The monoisotopic (exact) mass is 1530 g/mol. The summed E-state index contributed by atoms with van der Waals surface area (Å²) in [4.78, 5) is 260. The number of esters is 1. The van der Waals surface area contributed by atoms with Gasteiger partial charge in [-0.3, -0.25) is 86.3 Å². The second kappa shape index (κ2) is 45.9. The quantitative estimate of drug-likeness (QED) is 0.0234. The van der Waals surface area contributed by atoms with Crippen LogP contribution in [0.5, 0.6) is 0 Å². The number of carboxylic acid groups (broad SMARTS) is 4. The Kier molecular flexibility index (Phi) is 38.6. The number of hydrogen-bond donors (Lipinski definition) is 21. The third-order valence-corrected chi connectivity index (χ3v) is 17.2. The number of ether oxygens (including phenoxy) is 1. The molecule has 3 rings (SSSR count). The minimum Gasteiger partial charge on any atom is -0.481 e. The highest BCUT2D eigenvalue weighted by molar-refractivity contribution is 6.02. The third kappa shape index (κ3) is 31.4. The van der Waals surface area contributed by atoms with Crippen LogP contribution in [0.3, 0.4) is 0 Å². The van der Waals surface area contributed by atoms with Crippen LogP contribution >= 0.6 is 0 Å². The first kappa shape index (κ1) is 90.8. The molecule has 0 spiro atoms. The number of carbonyl (C=O) groups is 19. The first-order valence-corrected chi connectivity index (χ1v) is 35.0. The number of benzene rings is 1. The van der Waals surface area contributed by atoms with Crippen molar-refractivity contribution in [2.45, 2.75) is 217 Å². The molecule has 1 saturated heterocycles. The van der Waals surface area contributed by atoms with E-state index in [1.54, 1.807) is 37.4 Å². The van der Waals surface area contributed by atoms with Gasteiger partial charge in [-0.05, 0) is 63.6 Å². The van der Waals surface area contributed by atoms with Crippen molar-refractivity contribution in [3.05, 3.63) is 36.0 Å². The standard InChI is InChI=1S/C67H100N16O25/c1-7-9-10-11-12-16-33(4)56(96)77-41(23-36-28-70-38-18-14-13-17-37(36)38)62(102)79-42(24-47(69)85)63(103)81-45(27-53(94)95)64(104)83-55-35(6)108-67(107)54(32(3)8-2)82-60(100)40(20-21-50(88)89)76-65(105)46(31-84)75-49(87)29-71-58(98)43(25-51(90)91)78-57(97)34(5)73-61(101)44(26-52(92)93)80-59(99)39(19-15-22-68)74-48(86)30-72-66(55)106/h13-14,17-18,28,32-35,39-46,54-55,70,84H,7-12,15-16,19-27,29-31,68H2,1-6H3,(H2,69,85)(H,71,98)(H,72,106)(H,73,101)(H,74,86)(H,75,87)(H,76,105)(H,77,96)(H,78,97)(H,79,102)(H,80,99)(H,81,103)(H,82,100)(H,83,104)(H,88,89)(H,90,91)(H,92,93)(H,94,95). The number of hydrogen-bond acceptors (Lipinski definition) is 22. The number of para-hydroxylation sites is 1. The number of H-pyrrole nitrogens is 1. The number of rotatable bonds is 33. The van der Waals surface area contributed by atoms with Crippen molar-refractivity contribution in [1.82, 2.24) is 74.1 Å². The van der Waals surface area contributed by atoms with Gasteiger partial charge in [-0.25, -0.2) is 4.79 Å². The largest absolute Gasteiger partial charge is 0.481 e. The van der Waals surface area contributed by atoms with E-state index in [1.165, 1.54) is 13.8 Å². The van der Waals surface area contributed by atoms with Crippen molar-refractivity contribution < 1.29 is 121 Å². The molecule has 14 amide bonds. The first-order chi connectivity index (χ1) is 50.9. The predicted molar refractivity (Wildman–Crippen MR) is 375 cm³/mol. The maximum Gasteiger partial charge on any atom is 0.329 e. The van der Waals surface area contributed by atoms with E-state index in [0.717, 1.165) is 39.5 Å². The zero-order valence-corrected chi connectivity index (χ0v) is 60.7. The summed E-state index contributed by atoms with van der Waals surface area (Å²) in [5, 5.41) is 78.6. The van der Waals surface area contributed by atoms with Crippen molar-refractivity contribution in [3.63, 3.8) is 0 Å². The predicted octanol–water partition coefficient (Wildman–Crippen LogP) is -5.82. The molecule has 1 aromatic heterocycles. The fraction of sp³-hybridized carbons (Fsp3) is 0.597. The van der Waals surface area contributed by atoms with Crippen molar-refractivity contribution in [2.24, 2.45) is 23.3 Å². The number of aliphatic hydroxyl groups excluding tert-OH is 1. The normalized spacial score (nSPS) is 22.2. The van der Waals surface area contributed by atoms with Gasteiger partial charge in [-0.2, -0.15) is 0 Å². The number of carbonyl (C=O) groups excluding carboxylic acids is 15. The molecule has 14 unspecified atom stereocenters. The van der Waals surface area contributed by atoms with Gasteiger partial charge >= 0.3 is 29.8 Å². The Morgan fingerprint density at radius 3 is 1.68 bits per heavy atom. The second-order valence-electron chi connectivity index (χ2n) is 26.0. The van der Waals surface area contributed by atoms with Crippen molar-refractivity contribution in [1.29, 1.82) is 0 Å². The van der Waals surface area contributed by atoms with Crippen LogP contribution < -0.4 is 80.6 Å². The molecule has 598 valence electrons. The van der Waals surface area contributed by atoms with Gasteiger partial charge in [0.05, 0.1) is 45.4 Å². The van der Waals surface area contributed by atoms with Crippen molar-refractivity contribution in [2.75, 3.05) is 26.2 Å². The summed E-state index contributed by atoms with van der Waals surface area (Å²) in [5.41, 5.74) is 12.5. The van der Waals surface area contributed by atoms with Gasteiger partial charge in [0.2, 0.25) is 82.7 Å². The number of amides is 14. The van der Waals surface area contributed by atoms with Crippen LogP contribution in [0, 0.1) is 11.8 Å². The molecule has 2 aromatic rings. The second-order valence-corrected chi connectivity index (χ2v) is 26.0. The first-order valence-electron chi connectivity index (χ1n) is 35.0. The maximum atomic E-state index is 14.6. The van der Waals surface area contributed by atoms with Gasteiger partial charge in [0.1, 0.15) is 72.6 Å². The molecule has 0 saturated carbocycles. The molecular weight excluding hydrogens is 1430 g/mol. The van der Waals surface area contributed by atoms with Gasteiger partial charge in [0.15, 0.2) is 0 Å². The molecule has 1 aromatic carbocycles. The number of carboxylic acids is 4. The molecule has 23 N–H and O–H groups in total. The summed E-state index contributed by atoms with van der Waals surface area (Å²) in [6, 6.07) is -14.5. The number of cyclic esters (lactones) is 1. The summed E-state index contributed by atoms with van der Waals surface area (Å²) >= 11 is 0. The van der Waals surface area contributed by atoms with Crippen LogP contribution in [-0.2, 0) is 102 Å². The van der Waals surface area contributed by atoms with Gasteiger partial charge < -0.3 is 116 Å². The van der Waals surface area contributed by atoms with E-state index >= 15 is 0 Å². The molecule has 0 aliphatic carbocycles. The zero-order chi connectivity index (χ0) is 81.1. The van der Waals surface area contributed by atoms with Crippen LogP contribution in [0.1, 0.15) is 143 Å². The van der Waals surface area contributed by atoms with Gasteiger partial charge in [0.25, 0.3) is 0 Å². The van der Waals surface area contributed by atoms with Crippen molar-refractivity contribution >= 4 is 123 Å². The fourth-order valence-corrected chi connectivity index (χ4v) is 10.8. The lowest BCUT2D eigenvalue weighted by molar-refractivity contribution is -0.157. The summed E-state index contributed by atoms with van der Waals surface area (Å²) in [5.74, 6) is -27.5. The average Bonchev–Trinajstić information content (AvgIpc) is 1.77. The molecule has 1 fully saturated rings. The van der Waals surface area contributed by atoms with E-state index < -0.39 is 255 Å². The number of aliphatic carboxylic acids is 4. The highest BCUT2D eigenvalue weighted by Crippen LogP contribution is 2.21. The Labute approximate surface area is 619 Å². The molecule has 1 aliphatic heterocycles. The molecule has 1 aliphatic rings. The molecule has 2 heterocycles. The lowest BCUT2D eigenvalue weighted by Gasteiger charge is -2.30. The Morgan fingerprint density at radius 2 is 1.09 bits per heavy atom. The van der Waals surface area contributed by atoms with Crippen LogP contribution in [0.15, 0.2) is 30.5 Å². The number of primary amides is 1. The summed E-state index contributed by atoms with van der Waals surface area (Å²) < 4.78 is 5.70. The van der Waals surface area contributed by atoms with E-state index in [-0.39, 0.29) is 32.2 Å². The molecular formula is C67H100N16O25. The average molecular weight is 1530 g/mol. The van der Waals surface area contributed by atoms with E-state index in [9.17, 15) is 117 Å². The number of aliphatic hydroxyl groups is 1. The lowest BCUT2D eigenvalue weighted by Crippen LogP contribution is -2.62. The number of nitrogens with one attached hydrogen (secondary N) is 14. The van der Waals surface area contributed by atoms with E-state index in [0.29, 0.717) is 29.3 Å². The van der Waals surface area contributed by atoms with Crippen LogP contribution in [0.4, 0.5) is 0 Å². The fourth-order valence-electron chi connectivity index (χ4n) is 10.8. The minimum absolute atomic E-state index is 0.0113. The van der Waals surface area contributed by atoms with Crippen LogP contribution in [0.2, 0.25) is 0 Å². The summed E-state index contributed by atoms with van der Waals surface area (Å²) in [7, 11) is 0. The van der Waals surface area contributed by atoms with E-state index in [4.69, 9.17) is 16.2 Å². The minimum atomic E-state index is -2.31. The third-order valence-electron chi connectivity index (χ3n) is 17.2. The lowest BCUT2D eigenvalue weighted by atomic mass is 9.98. The van der Waals surface area contributed by atoms with Crippen molar-refractivity contribution in [3.8, 4) is 0 Å². The maximum absolute atomic E-state index is 14.6. The Bertz CT molecular complexity index is 3570. The highest BCUT2D eigenvalue weighted by atomic mass is 16.5. The number of nitrogens with two attached hydrogens (primary N) is 2. The molecule has 41 nitrogen and oxygen atoms in total. The molecule has 108 heavy (non-hydrogen) atoms. The molecule has 14 atom stereocenters. The van der Waals surface area contributed by atoms with E-state index in [1.807, 2.05) is 22.9 Å². The highest BCUT2D eigenvalue weighted by Gasteiger charge is 2.40. The number of unbranched alkanes of at least 4 members (excludes halogenated alkanes) is 4. The summed E-state index contributed by atoms with van der Waals surface area (Å²) in [6.07, 6.45) is -2.42. The Morgan fingerprint density at radius 1 is 0.565 bits per heavy atom. The number of fused-ring (bicyclic) bond motifs is 1. The smallest absolute Gasteiger partial charge is 0.329 e. The van der Waals surface area contributed by atoms with Gasteiger partial charge in [-0.15, -0.1) is 0 Å². The molecule has 0 radical (unpaired) electrons. The molecule has 41 heteroatoms. The SMILES string of the molecule is CCCCCCCC(C)C(=O)NC(Cc1c[nH]c2ccccc12)C(=O)NC(CC(N)=O)C(=O)NC(CC(=O)O)C(=O)NC1C(=O)NCC(=O)NC(CCCN)C(=O)NC(CC(=O)O)C(=O)NC(C)C(=O)NC(CC(=O)O)C(=O)NCC(=O)NC(CO)C(=O)NC(CCC(=O)O)C(=O)NC(C(C)CC)C(=O)OC1C. The van der Waals surface area contributed by atoms with Gasteiger partial charge in [0, 0.05) is 35.9 Å². The van der Waals surface area contributed by atoms with Crippen LogP contribution in [-0.4, -0.2) is 242 Å². The summed E-state index contributed by atoms with van der Waals surface area (Å²) in [6.45, 7) is 4.91. The van der Waals surface area contributed by atoms with Crippen LogP contribution in [0.25, 0.3) is 10.9 Å². The Balaban J connectivity index is 2.20. The number of aromatic nitrogens is 1. The van der Waals surface area contributed by atoms with E-state index in [2.05, 4.69) is 58.2 Å². The topological polar surface area (TPSA) is 659 Å². The zero-order valence-electron chi connectivity index (χ0n) is 60.7.